The Morgan fingerprint density at radius 1 is 1.24 bits per heavy atom. The van der Waals surface area contributed by atoms with Gasteiger partial charge in [-0.3, -0.25) is 9.59 Å². The van der Waals surface area contributed by atoms with Gasteiger partial charge in [-0.05, 0) is 56.6 Å². The van der Waals surface area contributed by atoms with Crippen LogP contribution in [0.15, 0.2) is 36.9 Å². The number of aryl methyl sites for hydroxylation is 2. The van der Waals surface area contributed by atoms with Gasteiger partial charge in [0, 0.05) is 24.2 Å². The van der Waals surface area contributed by atoms with Crippen LogP contribution in [0.5, 0.6) is 0 Å². The van der Waals surface area contributed by atoms with Crippen LogP contribution in [-0.4, -0.2) is 11.6 Å². The maximum absolute atomic E-state index is 13.2. The van der Waals surface area contributed by atoms with E-state index in [0.717, 1.165) is 44.9 Å². The summed E-state index contributed by atoms with van der Waals surface area (Å²) >= 11 is 0. The fourth-order valence-electron chi connectivity index (χ4n) is 4.29. The minimum Gasteiger partial charge on any atom is -0.299 e. The molecular formula is C23H32O2. The molecule has 1 aromatic carbocycles. The average molecular weight is 341 g/mol. The van der Waals surface area contributed by atoms with Gasteiger partial charge in [0.1, 0.15) is 11.6 Å². The first-order valence-corrected chi connectivity index (χ1v) is 9.74. The van der Waals surface area contributed by atoms with Crippen LogP contribution in [0.4, 0.5) is 0 Å². The zero-order valence-electron chi connectivity index (χ0n) is 15.9. The molecule has 1 fully saturated rings. The molecule has 1 aliphatic carbocycles. The van der Waals surface area contributed by atoms with Gasteiger partial charge in [0.15, 0.2) is 0 Å². The van der Waals surface area contributed by atoms with Crippen LogP contribution in [0.25, 0.3) is 0 Å². The standard InChI is InChI=1S/C23H32O2/c1-4-15-23(16-8-11-20(14-17-23)21(24)5-2)22(25)13-12-19-10-7-6-9-18(19)3/h4,6-7,9-10,20H,1,5,8,11-17H2,2-3H3. The Hall–Kier alpha value is -1.70. The Labute approximate surface area is 152 Å². The van der Waals surface area contributed by atoms with E-state index in [2.05, 4.69) is 25.6 Å². The second-order valence-corrected chi connectivity index (χ2v) is 7.57. The van der Waals surface area contributed by atoms with Crippen LogP contribution in [0, 0.1) is 18.3 Å². The van der Waals surface area contributed by atoms with E-state index in [9.17, 15) is 9.59 Å². The van der Waals surface area contributed by atoms with Crippen molar-refractivity contribution in [2.24, 2.45) is 11.3 Å². The SMILES string of the molecule is C=CCC1(C(=O)CCc2ccccc2C)CCCC(C(=O)CC)CC1. The largest absolute Gasteiger partial charge is 0.299 e. The minimum atomic E-state index is -0.298. The Bertz CT molecular complexity index is 616. The fourth-order valence-corrected chi connectivity index (χ4v) is 4.29. The number of carbonyl (C=O) groups excluding carboxylic acids is 2. The molecule has 2 atom stereocenters. The highest BCUT2D eigenvalue weighted by Gasteiger charge is 2.39. The third-order valence-corrected chi connectivity index (χ3v) is 5.99. The van der Waals surface area contributed by atoms with E-state index in [0.29, 0.717) is 24.4 Å². The van der Waals surface area contributed by atoms with Gasteiger partial charge in [0.25, 0.3) is 0 Å². The first-order chi connectivity index (χ1) is 12.0. The molecule has 0 heterocycles. The van der Waals surface area contributed by atoms with Crippen molar-refractivity contribution >= 4 is 11.6 Å². The predicted octanol–water partition coefficient (Wildman–Crippen LogP) is 5.62. The third kappa shape index (κ3) is 4.90. The maximum atomic E-state index is 13.2. The smallest absolute Gasteiger partial charge is 0.139 e. The summed E-state index contributed by atoms with van der Waals surface area (Å²) < 4.78 is 0. The topological polar surface area (TPSA) is 34.1 Å². The van der Waals surface area contributed by atoms with E-state index >= 15 is 0 Å². The summed E-state index contributed by atoms with van der Waals surface area (Å²) in [6.07, 6.45) is 9.15. The number of hydrogen-bond acceptors (Lipinski definition) is 2. The first-order valence-electron chi connectivity index (χ1n) is 9.74. The van der Waals surface area contributed by atoms with Crippen LogP contribution in [0.3, 0.4) is 0 Å². The van der Waals surface area contributed by atoms with Crippen LogP contribution >= 0.6 is 0 Å². The summed E-state index contributed by atoms with van der Waals surface area (Å²) in [6, 6.07) is 8.30. The predicted molar refractivity (Wildman–Crippen MR) is 104 cm³/mol. The summed E-state index contributed by atoms with van der Waals surface area (Å²) in [4.78, 5) is 25.3. The van der Waals surface area contributed by atoms with Crippen LogP contribution < -0.4 is 0 Å². The van der Waals surface area contributed by atoms with Gasteiger partial charge < -0.3 is 0 Å². The molecule has 0 aromatic heterocycles. The number of carbonyl (C=O) groups is 2. The molecule has 0 spiro atoms. The monoisotopic (exact) mass is 340 g/mol. The summed E-state index contributed by atoms with van der Waals surface area (Å²) in [6.45, 7) is 7.94. The van der Waals surface area contributed by atoms with Crippen LogP contribution in [0.2, 0.25) is 0 Å². The molecule has 136 valence electrons. The highest BCUT2D eigenvalue weighted by atomic mass is 16.1. The van der Waals surface area contributed by atoms with E-state index in [1.54, 1.807) is 0 Å². The lowest BCUT2D eigenvalue weighted by atomic mass is 9.72. The van der Waals surface area contributed by atoms with E-state index in [4.69, 9.17) is 0 Å². The van der Waals surface area contributed by atoms with E-state index < -0.39 is 0 Å². The minimum absolute atomic E-state index is 0.154. The highest BCUT2D eigenvalue weighted by Crippen LogP contribution is 2.42. The van der Waals surface area contributed by atoms with Crippen molar-refractivity contribution in [1.82, 2.24) is 0 Å². The summed E-state index contributed by atoms with van der Waals surface area (Å²) in [7, 11) is 0. The van der Waals surface area contributed by atoms with Crippen molar-refractivity contribution in [3.8, 4) is 0 Å². The molecule has 2 heteroatoms. The molecule has 0 saturated heterocycles. The molecule has 25 heavy (non-hydrogen) atoms. The third-order valence-electron chi connectivity index (χ3n) is 5.99. The van der Waals surface area contributed by atoms with Crippen molar-refractivity contribution in [3.05, 3.63) is 48.0 Å². The molecule has 1 aliphatic rings. The Kier molecular flexibility index (Phi) is 7.16. The molecule has 0 aliphatic heterocycles. The Balaban J connectivity index is 2.07. The first kappa shape index (κ1) is 19.6. The summed E-state index contributed by atoms with van der Waals surface area (Å²) in [5, 5.41) is 0. The molecule has 0 radical (unpaired) electrons. The van der Waals surface area contributed by atoms with Crippen LogP contribution in [0.1, 0.15) is 69.4 Å². The van der Waals surface area contributed by atoms with Crippen molar-refractivity contribution in [2.45, 2.75) is 71.6 Å². The fraction of sp³-hybridized carbons (Fsp3) is 0.565. The number of hydrogen-bond donors (Lipinski definition) is 0. The van der Waals surface area contributed by atoms with E-state index in [1.165, 1.54) is 11.1 Å². The van der Waals surface area contributed by atoms with Crippen molar-refractivity contribution < 1.29 is 9.59 Å². The Morgan fingerprint density at radius 3 is 2.68 bits per heavy atom. The van der Waals surface area contributed by atoms with E-state index in [-0.39, 0.29) is 11.3 Å². The quantitative estimate of drug-likeness (QED) is 0.455. The molecule has 1 aromatic rings. The van der Waals surface area contributed by atoms with E-state index in [1.807, 2.05) is 25.1 Å². The average Bonchev–Trinajstić information content (AvgIpc) is 2.84. The van der Waals surface area contributed by atoms with Gasteiger partial charge in [0.2, 0.25) is 0 Å². The molecule has 1 saturated carbocycles. The van der Waals surface area contributed by atoms with Crippen molar-refractivity contribution in [3.63, 3.8) is 0 Å². The zero-order valence-corrected chi connectivity index (χ0v) is 15.9. The van der Waals surface area contributed by atoms with Crippen molar-refractivity contribution in [2.75, 3.05) is 0 Å². The molecule has 0 N–H and O–H groups in total. The highest BCUT2D eigenvalue weighted by molar-refractivity contribution is 5.86. The molecule has 2 nitrogen and oxygen atoms in total. The van der Waals surface area contributed by atoms with Gasteiger partial charge in [-0.25, -0.2) is 0 Å². The van der Waals surface area contributed by atoms with Crippen LogP contribution in [-0.2, 0) is 16.0 Å². The summed E-state index contributed by atoms with van der Waals surface area (Å²) in [5.41, 5.74) is 2.22. The lowest BCUT2D eigenvalue weighted by molar-refractivity contribution is -0.130. The van der Waals surface area contributed by atoms with Gasteiger partial charge >= 0.3 is 0 Å². The second kappa shape index (κ2) is 9.12. The Morgan fingerprint density at radius 2 is 2.00 bits per heavy atom. The molecule has 2 rings (SSSR count). The molecule has 0 bridgehead atoms. The number of rotatable bonds is 8. The second-order valence-electron chi connectivity index (χ2n) is 7.57. The summed E-state index contributed by atoms with van der Waals surface area (Å²) in [5.74, 6) is 0.878. The lowest BCUT2D eigenvalue weighted by Gasteiger charge is -2.30. The number of Topliss-reactive ketones (excluding diaryl/α,β-unsaturated/α-hetero) is 2. The number of allylic oxidation sites excluding steroid dienone is 1. The molecule has 2 unspecified atom stereocenters. The molecule has 0 amide bonds. The van der Waals surface area contributed by atoms with Gasteiger partial charge in [-0.15, -0.1) is 6.58 Å². The zero-order chi connectivity index (χ0) is 18.3. The maximum Gasteiger partial charge on any atom is 0.139 e. The molecular weight excluding hydrogens is 308 g/mol. The number of benzene rings is 1. The van der Waals surface area contributed by atoms with Gasteiger partial charge in [-0.1, -0.05) is 43.7 Å². The van der Waals surface area contributed by atoms with Crippen molar-refractivity contribution in [1.29, 1.82) is 0 Å². The number of ketones is 2. The van der Waals surface area contributed by atoms with Gasteiger partial charge in [0.05, 0.1) is 0 Å². The van der Waals surface area contributed by atoms with Gasteiger partial charge in [-0.2, -0.15) is 0 Å². The lowest BCUT2D eigenvalue weighted by Crippen LogP contribution is -2.31. The normalized spacial score (nSPS) is 23.7.